The molecule has 1 aromatic carbocycles. The van der Waals surface area contributed by atoms with Crippen LogP contribution in [0.25, 0.3) is 0 Å². The van der Waals surface area contributed by atoms with Gasteiger partial charge in [-0.05, 0) is 26.3 Å². The second kappa shape index (κ2) is 5.12. The summed E-state index contributed by atoms with van der Waals surface area (Å²) < 4.78 is 5.26. The number of hydrogen-bond donors (Lipinski definition) is 1. The summed E-state index contributed by atoms with van der Waals surface area (Å²) in [6, 6.07) is 7.84. The summed E-state index contributed by atoms with van der Waals surface area (Å²) in [5.74, 6) is -0.237. The Morgan fingerprint density at radius 3 is 2.38 bits per heavy atom. The molecule has 2 N–H and O–H groups in total. The number of carbonyl (C=O) groups is 1. The van der Waals surface area contributed by atoms with Crippen molar-refractivity contribution in [1.29, 1.82) is 0 Å². The maximum atomic E-state index is 11.6. The van der Waals surface area contributed by atoms with Crippen LogP contribution in [0.4, 0.5) is 0 Å². The topological polar surface area (TPSA) is 52.3 Å². The van der Waals surface area contributed by atoms with Gasteiger partial charge in [-0.2, -0.15) is 0 Å². The molecule has 0 saturated heterocycles. The molecule has 0 unspecified atom stereocenters. The molecule has 0 aliphatic heterocycles. The molecule has 0 aliphatic rings. The lowest BCUT2D eigenvalue weighted by Crippen LogP contribution is -2.36. The second-order valence-corrected chi connectivity index (χ2v) is 4.60. The fourth-order valence-electron chi connectivity index (χ4n) is 1.26. The molecule has 1 rings (SSSR count). The maximum Gasteiger partial charge on any atom is 0.310 e. The van der Waals surface area contributed by atoms with Gasteiger partial charge in [-0.15, -0.1) is 0 Å². The van der Waals surface area contributed by atoms with Crippen LogP contribution in [-0.2, 0) is 16.0 Å². The van der Waals surface area contributed by atoms with Crippen molar-refractivity contribution in [3.63, 3.8) is 0 Å². The van der Waals surface area contributed by atoms with Crippen LogP contribution in [-0.4, -0.2) is 18.1 Å². The number of hydrogen-bond acceptors (Lipinski definition) is 3. The number of nitrogens with two attached hydrogens (primary N) is 1. The summed E-state index contributed by atoms with van der Waals surface area (Å²) in [6.07, 6.45) is 0.295. The predicted octanol–water partition coefficient (Wildman–Crippen LogP) is 1.82. The molecule has 88 valence electrons. The fraction of sp³-hybridized carbons (Fsp3) is 0.462. The van der Waals surface area contributed by atoms with Gasteiger partial charge < -0.3 is 10.5 Å². The van der Waals surface area contributed by atoms with Gasteiger partial charge in [-0.25, -0.2) is 0 Å². The fourth-order valence-corrected chi connectivity index (χ4v) is 1.26. The summed E-state index contributed by atoms with van der Waals surface area (Å²) in [5, 5.41) is 0. The van der Waals surface area contributed by atoms with E-state index in [1.54, 1.807) is 13.8 Å². The third-order valence-corrected chi connectivity index (χ3v) is 2.35. The average Bonchev–Trinajstić information content (AvgIpc) is 2.21. The van der Waals surface area contributed by atoms with Gasteiger partial charge in [0.2, 0.25) is 0 Å². The summed E-state index contributed by atoms with van der Waals surface area (Å²) >= 11 is 0. The van der Waals surface area contributed by atoms with Crippen LogP contribution < -0.4 is 5.73 Å². The molecule has 0 fully saturated rings. The number of aryl methyl sites for hydroxylation is 1. The van der Waals surface area contributed by atoms with E-state index in [2.05, 4.69) is 0 Å². The Hall–Kier alpha value is -1.35. The largest absolute Gasteiger partial charge is 0.458 e. The van der Waals surface area contributed by atoms with Crippen LogP contribution in [0.15, 0.2) is 24.3 Å². The minimum absolute atomic E-state index is 0.237. The molecule has 0 radical (unpaired) electrons. The Morgan fingerprint density at radius 2 is 1.88 bits per heavy atom. The third kappa shape index (κ3) is 4.03. The van der Waals surface area contributed by atoms with E-state index in [0.717, 1.165) is 5.56 Å². The lowest BCUT2D eigenvalue weighted by Gasteiger charge is -2.22. The summed E-state index contributed by atoms with van der Waals surface area (Å²) in [6.45, 7) is 5.95. The Labute approximate surface area is 96.6 Å². The van der Waals surface area contributed by atoms with Crippen molar-refractivity contribution in [1.82, 2.24) is 0 Å². The van der Waals surface area contributed by atoms with Gasteiger partial charge in [-0.3, -0.25) is 4.79 Å². The smallest absolute Gasteiger partial charge is 0.310 e. The third-order valence-electron chi connectivity index (χ3n) is 2.35. The molecule has 16 heavy (non-hydrogen) atoms. The average molecular weight is 221 g/mol. The zero-order chi connectivity index (χ0) is 12.2. The normalized spacial score (nSPS) is 11.2. The molecule has 1 aromatic rings. The van der Waals surface area contributed by atoms with Crippen molar-refractivity contribution in [2.75, 3.05) is 6.54 Å². The van der Waals surface area contributed by atoms with E-state index in [4.69, 9.17) is 10.5 Å². The van der Waals surface area contributed by atoms with E-state index in [1.165, 1.54) is 5.56 Å². The van der Waals surface area contributed by atoms with Gasteiger partial charge in [0, 0.05) is 6.54 Å². The van der Waals surface area contributed by atoms with Gasteiger partial charge in [-0.1, -0.05) is 29.8 Å². The highest BCUT2D eigenvalue weighted by Crippen LogP contribution is 2.10. The van der Waals surface area contributed by atoms with Crippen LogP contribution in [0.1, 0.15) is 25.0 Å². The Balaban J connectivity index is 2.55. The lowest BCUT2D eigenvalue weighted by atomic mass is 10.1. The van der Waals surface area contributed by atoms with Crippen molar-refractivity contribution in [3.05, 3.63) is 35.4 Å². The van der Waals surface area contributed by atoms with Gasteiger partial charge in [0.1, 0.15) is 5.60 Å². The first-order valence-corrected chi connectivity index (χ1v) is 5.40. The SMILES string of the molecule is Cc1ccc(CC(=O)OC(C)(C)CN)cc1. The van der Waals surface area contributed by atoms with Crippen molar-refractivity contribution in [3.8, 4) is 0 Å². The van der Waals surface area contributed by atoms with Crippen LogP contribution in [0.3, 0.4) is 0 Å². The van der Waals surface area contributed by atoms with Crippen LogP contribution in [0, 0.1) is 6.92 Å². The van der Waals surface area contributed by atoms with E-state index in [9.17, 15) is 4.79 Å². The molecule has 0 saturated carbocycles. The van der Waals surface area contributed by atoms with E-state index in [0.29, 0.717) is 13.0 Å². The van der Waals surface area contributed by atoms with Gasteiger partial charge in [0.05, 0.1) is 6.42 Å². The molecule has 0 spiro atoms. The van der Waals surface area contributed by atoms with Crippen molar-refractivity contribution < 1.29 is 9.53 Å². The van der Waals surface area contributed by atoms with Gasteiger partial charge in [0.25, 0.3) is 0 Å². The Bertz CT molecular complexity index is 355. The molecule has 0 heterocycles. The number of carbonyl (C=O) groups excluding carboxylic acids is 1. The van der Waals surface area contributed by atoms with Crippen LogP contribution in [0.2, 0.25) is 0 Å². The molecule has 3 heteroatoms. The maximum absolute atomic E-state index is 11.6. The molecule has 0 aliphatic carbocycles. The number of ether oxygens (including phenoxy) is 1. The number of benzene rings is 1. The predicted molar refractivity (Wildman–Crippen MR) is 64.1 cm³/mol. The molecular formula is C13H19NO2. The lowest BCUT2D eigenvalue weighted by molar-refractivity contribution is -0.154. The quantitative estimate of drug-likeness (QED) is 0.789. The zero-order valence-electron chi connectivity index (χ0n) is 10.1. The minimum atomic E-state index is -0.582. The highest BCUT2D eigenvalue weighted by molar-refractivity contribution is 5.73. The summed E-state index contributed by atoms with van der Waals surface area (Å²) in [4.78, 5) is 11.6. The first-order valence-electron chi connectivity index (χ1n) is 5.40. The van der Waals surface area contributed by atoms with E-state index in [-0.39, 0.29) is 5.97 Å². The standard InChI is InChI=1S/C13H19NO2/c1-10-4-6-11(7-5-10)8-12(15)16-13(2,3)9-14/h4-7H,8-9,14H2,1-3H3. The Kier molecular flexibility index (Phi) is 4.07. The van der Waals surface area contributed by atoms with Crippen molar-refractivity contribution in [2.24, 2.45) is 5.73 Å². The molecule has 0 bridgehead atoms. The van der Waals surface area contributed by atoms with E-state index in [1.807, 2.05) is 31.2 Å². The monoisotopic (exact) mass is 221 g/mol. The van der Waals surface area contributed by atoms with Gasteiger partial charge in [0.15, 0.2) is 0 Å². The first-order chi connectivity index (χ1) is 7.43. The number of esters is 1. The highest BCUT2D eigenvalue weighted by atomic mass is 16.6. The molecule has 0 atom stereocenters. The van der Waals surface area contributed by atoms with E-state index >= 15 is 0 Å². The van der Waals surface area contributed by atoms with E-state index < -0.39 is 5.60 Å². The van der Waals surface area contributed by atoms with Crippen molar-refractivity contribution in [2.45, 2.75) is 32.8 Å². The zero-order valence-corrected chi connectivity index (χ0v) is 10.1. The first kappa shape index (κ1) is 12.7. The molecule has 0 aromatic heterocycles. The summed E-state index contributed by atoms with van der Waals surface area (Å²) in [7, 11) is 0. The number of rotatable bonds is 4. The molecule has 0 amide bonds. The highest BCUT2D eigenvalue weighted by Gasteiger charge is 2.20. The Morgan fingerprint density at radius 1 is 1.31 bits per heavy atom. The minimum Gasteiger partial charge on any atom is -0.458 e. The molecular weight excluding hydrogens is 202 g/mol. The molecule has 3 nitrogen and oxygen atoms in total. The van der Waals surface area contributed by atoms with Crippen molar-refractivity contribution >= 4 is 5.97 Å². The van der Waals surface area contributed by atoms with Gasteiger partial charge >= 0.3 is 5.97 Å². The van der Waals surface area contributed by atoms with Crippen LogP contribution in [0.5, 0.6) is 0 Å². The second-order valence-electron chi connectivity index (χ2n) is 4.60. The van der Waals surface area contributed by atoms with Crippen LogP contribution >= 0.6 is 0 Å². The summed E-state index contributed by atoms with van der Waals surface area (Å²) in [5.41, 5.74) is 7.05.